The van der Waals surface area contributed by atoms with Crippen molar-refractivity contribution in [1.29, 1.82) is 0 Å². The third kappa shape index (κ3) is 2.04. The van der Waals surface area contributed by atoms with E-state index < -0.39 is 0 Å². The summed E-state index contributed by atoms with van der Waals surface area (Å²) in [6.07, 6.45) is 1.81. The first-order valence-electron chi connectivity index (χ1n) is 5.56. The van der Waals surface area contributed by atoms with Crippen LogP contribution in [-0.4, -0.2) is 9.97 Å². The maximum absolute atomic E-state index is 5.86. The Hall–Kier alpha value is -1.32. The van der Waals surface area contributed by atoms with Crippen molar-refractivity contribution in [2.75, 3.05) is 0 Å². The molecule has 18 heavy (non-hydrogen) atoms. The first-order chi connectivity index (χ1) is 8.78. The number of fused-ring (bicyclic) bond motifs is 1. The number of alkyl halides is 1. The molecule has 0 aliphatic carbocycles. The van der Waals surface area contributed by atoms with Crippen LogP contribution in [0.1, 0.15) is 5.69 Å². The fourth-order valence-electron chi connectivity index (χ4n) is 2.02. The molecule has 90 valence electrons. The van der Waals surface area contributed by atoms with Gasteiger partial charge in [0.15, 0.2) is 0 Å². The Labute approximate surface area is 118 Å². The zero-order valence-corrected chi connectivity index (χ0v) is 11.8. The van der Waals surface area contributed by atoms with E-state index in [1.807, 2.05) is 24.4 Å². The van der Waals surface area contributed by atoms with Crippen LogP contribution in [0, 0.1) is 0 Å². The fourth-order valence-corrected chi connectivity index (χ4v) is 2.43. The molecule has 0 spiro atoms. The molecule has 0 fully saturated rings. The maximum atomic E-state index is 5.86. The molecule has 1 aromatic carbocycles. The lowest BCUT2D eigenvalue weighted by Crippen LogP contribution is -1.83. The van der Waals surface area contributed by atoms with Crippen LogP contribution in [-0.2, 0) is 5.88 Å². The van der Waals surface area contributed by atoms with Gasteiger partial charge in [-0.05, 0) is 24.3 Å². The van der Waals surface area contributed by atoms with Crippen molar-refractivity contribution in [3.8, 4) is 11.3 Å². The third-order valence-corrected chi connectivity index (χ3v) is 3.68. The van der Waals surface area contributed by atoms with Crippen LogP contribution in [0.15, 0.2) is 47.1 Å². The summed E-state index contributed by atoms with van der Waals surface area (Å²) in [5.41, 5.74) is 4.16. The minimum atomic E-state index is 0.481. The summed E-state index contributed by atoms with van der Waals surface area (Å²) in [6, 6.07) is 12.2. The van der Waals surface area contributed by atoms with Crippen molar-refractivity contribution in [2.24, 2.45) is 0 Å². The zero-order chi connectivity index (χ0) is 12.5. The summed E-state index contributed by atoms with van der Waals surface area (Å²) in [5.74, 6) is 0.481. The Bertz CT molecular complexity index is 689. The van der Waals surface area contributed by atoms with Gasteiger partial charge in [0.1, 0.15) is 0 Å². The smallest absolute Gasteiger partial charge is 0.0795 e. The number of halogens is 2. The number of nitrogens with one attached hydrogen (secondary N) is 1. The summed E-state index contributed by atoms with van der Waals surface area (Å²) in [5, 5.41) is 1.11. The molecule has 0 amide bonds. The highest BCUT2D eigenvalue weighted by molar-refractivity contribution is 9.10. The average molecular weight is 322 g/mol. The zero-order valence-electron chi connectivity index (χ0n) is 9.45. The number of nitrogens with zero attached hydrogens (tertiary/aromatic N) is 1. The largest absolute Gasteiger partial charge is 0.357 e. The number of H-pyrrole nitrogens is 1. The van der Waals surface area contributed by atoms with Gasteiger partial charge in [-0.1, -0.05) is 28.1 Å². The van der Waals surface area contributed by atoms with E-state index in [-0.39, 0.29) is 0 Å². The highest BCUT2D eigenvalue weighted by atomic mass is 79.9. The Kier molecular flexibility index (Phi) is 3.10. The second kappa shape index (κ2) is 4.75. The predicted molar refractivity (Wildman–Crippen MR) is 78.8 cm³/mol. The molecule has 0 bridgehead atoms. The number of hydrogen-bond donors (Lipinski definition) is 1. The second-order valence-electron chi connectivity index (χ2n) is 4.06. The minimum Gasteiger partial charge on any atom is -0.357 e. The Morgan fingerprint density at radius 1 is 1.17 bits per heavy atom. The Balaban J connectivity index is 2.22. The normalized spacial score (nSPS) is 11.0. The van der Waals surface area contributed by atoms with Gasteiger partial charge in [-0.2, -0.15) is 0 Å². The first-order valence-corrected chi connectivity index (χ1v) is 6.89. The molecular formula is C14H10BrClN2. The highest BCUT2D eigenvalue weighted by Gasteiger charge is 2.08. The van der Waals surface area contributed by atoms with Gasteiger partial charge in [-0.25, -0.2) is 0 Å². The average Bonchev–Trinajstić information content (AvgIpc) is 2.82. The number of pyridine rings is 1. The molecule has 0 aliphatic rings. The van der Waals surface area contributed by atoms with E-state index in [0.29, 0.717) is 5.88 Å². The predicted octanol–water partition coefficient (Wildman–Crippen LogP) is 4.73. The van der Waals surface area contributed by atoms with Gasteiger partial charge in [-0.3, -0.25) is 4.98 Å². The van der Waals surface area contributed by atoms with Crippen molar-refractivity contribution >= 4 is 38.4 Å². The Morgan fingerprint density at radius 2 is 1.94 bits per heavy atom. The van der Waals surface area contributed by atoms with E-state index in [9.17, 15) is 0 Å². The van der Waals surface area contributed by atoms with Crippen molar-refractivity contribution in [3.63, 3.8) is 0 Å². The first kappa shape index (κ1) is 11.8. The lowest BCUT2D eigenvalue weighted by Gasteiger charge is -2.02. The van der Waals surface area contributed by atoms with Crippen LogP contribution in [0.25, 0.3) is 22.2 Å². The number of hydrogen-bond acceptors (Lipinski definition) is 1. The topological polar surface area (TPSA) is 28.7 Å². The molecule has 0 saturated heterocycles. The molecule has 3 aromatic rings. The molecule has 0 saturated carbocycles. The van der Waals surface area contributed by atoms with E-state index in [1.165, 1.54) is 0 Å². The van der Waals surface area contributed by atoms with Gasteiger partial charge in [0, 0.05) is 32.8 Å². The third-order valence-electron chi connectivity index (χ3n) is 2.87. The molecule has 3 rings (SSSR count). The van der Waals surface area contributed by atoms with E-state index in [0.717, 1.165) is 32.3 Å². The molecular weight excluding hydrogens is 312 g/mol. The molecule has 0 unspecified atom stereocenters. The van der Waals surface area contributed by atoms with E-state index in [4.69, 9.17) is 11.6 Å². The second-order valence-corrected chi connectivity index (χ2v) is 5.24. The van der Waals surface area contributed by atoms with E-state index in [2.05, 4.69) is 44.1 Å². The summed E-state index contributed by atoms with van der Waals surface area (Å²) in [7, 11) is 0. The van der Waals surface area contributed by atoms with Crippen molar-refractivity contribution in [1.82, 2.24) is 9.97 Å². The van der Waals surface area contributed by atoms with E-state index >= 15 is 0 Å². The molecule has 4 heteroatoms. The molecule has 1 N–H and O–H groups in total. The fraction of sp³-hybridized carbons (Fsp3) is 0.0714. The highest BCUT2D eigenvalue weighted by Crippen LogP contribution is 2.28. The SMILES string of the molecule is ClCc1cc2c(-c3ccc(Br)cc3)nccc2[nH]1. The van der Waals surface area contributed by atoms with Crippen molar-refractivity contribution in [2.45, 2.75) is 5.88 Å². The van der Waals surface area contributed by atoms with Crippen LogP contribution >= 0.6 is 27.5 Å². The molecule has 0 atom stereocenters. The van der Waals surface area contributed by atoms with E-state index in [1.54, 1.807) is 0 Å². The quantitative estimate of drug-likeness (QED) is 0.679. The van der Waals surface area contributed by atoms with Crippen LogP contribution in [0.3, 0.4) is 0 Å². The van der Waals surface area contributed by atoms with Crippen LogP contribution < -0.4 is 0 Å². The number of benzene rings is 1. The molecule has 0 aliphatic heterocycles. The monoisotopic (exact) mass is 320 g/mol. The number of rotatable bonds is 2. The van der Waals surface area contributed by atoms with Crippen LogP contribution in [0.5, 0.6) is 0 Å². The molecule has 0 radical (unpaired) electrons. The lowest BCUT2D eigenvalue weighted by atomic mass is 10.1. The van der Waals surface area contributed by atoms with Gasteiger partial charge in [0.25, 0.3) is 0 Å². The van der Waals surface area contributed by atoms with Crippen LogP contribution in [0.2, 0.25) is 0 Å². The van der Waals surface area contributed by atoms with Crippen molar-refractivity contribution in [3.05, 3.63) is 52.8 Å². The molecule has 2 heterocycles. The summed E-state index contributed by atoms with van der Waals surface area (Å²) >= 11 is 9.30. The van der Waals surface area contributed by atoms with Gasteiger partial charge in [-0.15, -0.1) is 11.6 Å². The molecule has 2 aromatic heterocycles. The molecule has 2 nitrogen and oxygen atoms in total. The van der Waals surface area contributed by atoms with Gasteiger partial charge >= 0.3 is 0 Å². The summed E-state index contributed by atoms with van der Waals surface area (Å²) < 4.78 is 1.06. The standard InChI is InChI=1S/C14H10BrClN2/c15-10-3-1-9(2-4-10)14-12-7-11(8-16)18-13(12)5-6-17-14/h1-7,18H,8H2. The summed E-state index contributed by atoms with van der Waals surface area (Å²) in [4.78, 5) is 7.76. The summed E-state index contributed by atoms with van der Waals surface area (Å²) in [6.45, 7) is 0. The number of aromatic amines is 1. The van der Waals surface area contributed by atoms with Crippen LogP contribution in [0.4, 0.5) is 0 Å². The van der Waals surface area contributed by atoms with Gasteiger partial charge in [0.05, 0.1) is 11.6 Å². The Morgan fingerprint density at radius 3 is 2.67 bits per heavy atom. The van der Waals surface area contributed by atoms with Gasteiger partial charge in [0.2, 0.25) is 0 Å². The minimum absolute atomic E-state index is 0.481. The maximum Gasteiger partial charge on any atom is 0.0795 e. The van der Waals surface area contributed by atoms with Crippen molar-refractivity contribution < 1.29 is 0 Å². The van der Waals surface area contributed by atoms with Gasteiger partial charge < -0.3 is 4.98 Å². The number of aromatic nitrogens is 2. The lowest BCUT2D eigenvalue weighted by molar-refractivity contribution is 1.25.